The Labute approximate surface area is 145 Å². The van der Waals surface area contributed by atoms with Crippen molar-refractivity contribution in [2.45, 2.75) is 19.4 Å². The van der Waals surface area contributed by atoms with E-state index in [-0.39, 0.29) is 31.0 Å². The first kappa shape index (κ1) is 18.1. The smallest absolute Gasteiger partial charge is 0.271 e. The van der Waals surface area contributed by atoms with Gasteiger partial charge in [0.05, 0.1) is 10.6 Å². The van der Waals surface area contributed by atoms with E-state index in [0.29, 0.717) is 17.7 Å². The molecule has 0 heterocycles. The maximum Gasteiger partial charge on any atom is 0.271 e. The van der Waals surface area contributed by atoms with Crippen LogP contribution in [0.1, 0.15) is 18.4 Å². The van der Waals surface area contributed by atoms with Crippen molar-refractivity contribution >= 4 is 23.6 Å². The summed E-state index contributed by atoms with van der Waals surface area (Å²) in [7, 11) is 1.50. The molecule has 1 amide bonds. The van der Waals surface area contributed by atoms with Crippen LogP contribution in [0.3, 0.4) is 0 Å². The second-order valence-corrected chi connectivity index (χ2v) is 5.34. The van der Waals surface area contributed by atoms with Crippen LogP contribution in [0.4, 0.5) is 11.4 Å². The second kappa shape index (κ2) is 8.58. The molecule has 2 aromatic rings. The molecular weight excluding hydrogens is 324 g/mol. The first-order valence-corrected chi connectivity index (χ1v) is 7.68. The lowest BCUT2D eigenvalue weighted by Gasteiger charge is -2.20. The van der Waals surface area contributed by atoms with Gasteiger partial charge in [0.1, 0.15) is 18.6 Å². The van der Waals surface area contributed by atoms with E-state index in [1.165, 1.54) is 30.1 Å². The van der Waals surface area contributed by atoms with Crippen molar-refractivity contribution in [1.29, 1.82) is 0 Å². The monoisotopic (exact) mass is 342 g/mol. The minimum Gasteiger partial charge on any atom is -0.487 e. The van der Waals surface area contributed by atoms with Crippen molar-refractivity contribution in [3.8, 4) is 5.75 Å². The van der Waals surface area contributed by atoms with Gasteiger partial charge in [-0.1, -0.05) is 30.3 Å². The Morgan fingerprint density at radius 1 is 1.24 bits per heavy atom. The molecule has 0 fully saturated rings. The summed E-state index contributed by atoms with van der Waals surface area (Å²) in [6, 6.07) is 13.5. The fraction of sp³-hybridized carbons (Fsp3) is 0.222. The van der Waals surface area contributed by atoms with Crippen LogP contribution in [0, 0.1) is 10.1 Å². The molecule has 0 aromatic heterocycles. The van der Waals surface area contributed by atoms with Gasteiger partial charge in [0, 0.05) is 32.0 Å². The van der Waals surface area contributed by atoms with Crippen LogP contribution in [0.15, 0.2) is 48.5 Å². The summed E-state index contributed by atoms with van der Waals surface area (Å²) in [5.74, 6) is 0.0357. The first-order valence-electron chi connectivity index (χ1n) is 7.68. The van der Waals surface area contributed by atoms with Crippen molar-refractivity contribution < 1.29 is 19.2 Å². The molecule has 25 heavy (non-hydrogen) atoms. The molecule has 0 bridgehead atoms. The topological polar surface area (TPSA) is 89.8 Å². The fourth-order valence-electron chi connectivity index (χ4n) is 2.22. The predicted molar refractivity (Wildman–Crippen MR) is 92.6 cm³/mol. The number of benzene rings is 2. The Bertz CT molecular complexity index is 761. The van der Waals surface area contributed by atoms with E-state index >= 15 is 0 Å². The van der Waals surface area contributed by atoms with Gasteiger partial charge in [-0.3, -0.25) is 14.9 Å². The zero-order valence-corrected chi connectivity index (χ0v) is 13.8. The lowest BCUT2D eigenvalue weighted by molar-refractivity contribution is -0.384. The quantitative estimate of drug-likeness (QED) is 0.418. The molecular formula is C18H18N2O5. The third-order valence-electron chi connectivity index (χ3n) is 3.60. The van der Waals surface area contributed by atoms with Crippen LogP contribution >= 0.6 is 0 Å². The van der Waals surface area contributed by atoms with Crippen molar-refractivity contribution in [2.75, 3.05) is 11.9 Å². The summed E-state index contributed by atoms with van der Waals surface area (Å²) >= 11 is 0. The lowest BCUT2D eigenvalue weighted by Crippen LogP contribution is -2.26. The number of carbonyl (C=O) groups is 2. The highest BCUT2D eigenvalue weighted by atomic mass is 16.6. The van der Waals surface area contributed by atoms with E-state index < -0.39 is 4.92 Å². The zero-order chi connectivity index (χ0) is 18.2. The number of carbonyl (C=O) groups excluding carboxylic acids is 2. The summed E-state index contributed by atoms with van der Waals surface area (Å²) in [4.78, 5) is 34.4. The number of hydrogen-bond donors (Lipinski definition) is 0. The van der Waals surface area contributed by atoms with E-state index in [9.17, 15) is 19.7 Å². The van der Waals surface area contributed by atoms with Gasteiger partial charge in [0.15, 0.2) is 0 Å². The van der Waals surface area contributed by atoms with E-state index in [2.05, 4.69) is 0 Å². The zero-order valence-electron chi connectivity index (χ0n) is 13.8. The molecule has 0 aliphatic rings. The lowest BCUT2D eigenvalue weighted by atomic mass is 10.2. The standard InChI is InChI=1S/C18H18N2O5/c1-19(18(22)8-5-11-21)16-12-15(20(23)24)9-10-17(16)25-13-14-6-3-2-4-7-14/h2-4,6-7,9-12H,5,8,13H2,1H3. The molecule has 2 rings (SSSR count). The number of amides is 1. The van der Waals surface area contributed by atoms with Crippen LogP contribution in [0.2, 0.25) is 0 Å². The Balaban J connectivity index is 2.26. The third-order valence-corrected chi connectivity index (χ3v) is 3.60. The number of non-ortho nitro benzene ring substituents is 1. The number of aldehydes is 1. The normalized spacial score (nSPS) is 10.1. The average molecular weight is 342 g/mol. The third kappa shape index (κ3) is 4.87. The molecule has 130 valence electrons. The Morgan fingerprint density at radius 2 is 1.96 bits per heavy atom. The highest BCUT2D eigenvalue weighted by molar-refractivity contribution is 5.95. The molecule has 0 spiro atoms. The highest BCUT2D eigenvalue weighted by Gasteiger charge is 2.19. The molecule has 7 heteroatoms. The van der Waals surface area contributed by atoms with Crippen LogP contribution in [-0.4, -0.2) is 24.2 Å². The number of hydrogen-bond acceptors (Lipinski definition) is 5. The number of nitrogens with zero attached hydrogens (tertiary/aromatic N) is 2. The SMILES string of the molecule is CN(C(=O)CCC=O)c1cc([N+](=O)[O-])ccc1OCc1ccccc1. The Kier molecular flexibility index (Phi) is 6.22. The number of nitro benzene ring substituents is 1. The van der Waals surface area contributed by atoms with Gasteiger partial charge in [-0.15, -0.1) is 0 Å². The Morgan fingerprint density at radius 3 is 2.60 bits per heavy atom. The highest BCUT2D eigenvalue weighted by Crippen LogP contribution is 2.32. The summed E-state index contributed by atoms with van der Waals surface area (Å²) in [5, 5.41) is 11.0. The maximum absolute atomic E-state index is 12.2. The molecule has 0 saturated heterocycles. The number of anilines is 1. The van der Waals surface area contributed by atoms with E-state index in [0.717, 1.165) is 5.56 Å². The van der Waals surface area contributed by atoms with Gasteiger partial charge < -0.3 is 14.4 Å². The van der Waals surface area contributed by atoms with Gasteiger partial charge in [0.25, 0.3) is 5.69 Å². The second-order valence-electron chi connectivity index (χ2n) is 5.34. The summed E-state index contributed by atoms with van der Waals surface area (Å²) in [6.45, 7) is 0.266. The van der Waals surface area contributed by atoms with Gasteiger partial charge in [-0.25, -0.2) is 0 Å². The molecule has 0 unspecified atom stereocenters. The van der Waals surface area contributed by atoms with Crippen molar-refractivity contribution in [3.63, 3.8) is 0 Å². The average Bonchev–Trinajstić information content (AvgIpc) is 2.64. The molecule has 0 aliphatic heterocycles. The molecule has 7 nitrogen and oxygen atoms in total. The van der Waals surface area contributed by atoms with Gasteiger partial charge in [0.2, 0.25) is 5.91 Å². The molecule has 2 aromatic carbocycles. The van der Waals surface area contributed by atoms with Crippen molar-refractivity contribution in [2.24, 2.45) is 0 Å². The minimum atomic E-state index is -0.534. The van der Waals surface area contributed by atoms with E-state index in [4.69, 9.17) is 4.74 Å². The summed E-state index contributed by atoms with van der Waals surface area (Å²) in [5.41, 5.74) is 1.08. The molecule has 0 saturated carbocycles. The number of ether oxygens (including phenoxy) is 1. The number of rotatable bonds is 8. The van der Waals surface area contributed by atoms with Crippen molar-refractivity contribution in [3.05, 3.63) is 64.2 Å². The number of nitro groups is 1. The van der Waals surface area contributed by atoms with E-state index in [1.54, 1.807) is 0 Å². The van der Waals surface area contributed by atoms with Gasteiger partial charge in [-0.2, -0.15) is 0 Å². The molecule has 0 radical (unpaired) electrons. The summed E-state index contributed by atoms with van der Waals surface area (Å²) < 4.78 is 5.75. The molecule has 0 aliphatic carbocycles. The van der Waals surface area contributed by atoms with Crippen LogP contribution in [0.25, 0.3) is 0 Å². The van der Waals surface area contributed by atoms with Gasteiger partial charge in [-0.05, 0) is 11.6 Å². The molecule has 0 N–H and O–H groups in total. The fourth-order valence-corrected chi connectivity index (χ4v) is 2.22. The van der Waals surface area contributed by atoms with Crippen LogP contribution in [0.5, 0.6) is 5.75 Å². The van der Waals surface area contributed by atoms with E-state index in [1.807, 2.05) is 30.3 Å². The molecule has 0 atom stereocenters. The van der Waals surface area contributed by atoms with Gasteiger partial charge >= 0.3 is 0 Å². The largest absolute Gasteiger partial charge is 0.487 e. The summed E-state index contributed by atoms with van der Waals surface area (Å²) in [6.07, 6.45) is 0.783. The first-order chi connectivity index (χ1) is 12.0. The minimum absolute atomic E-state index is 0.0286. The van der Waals surface area contributed by atoms with Crippen molar-refractivity contribution in [1.82, 2.24) is 0 Å². The Hall–Kier alpha value is -3.22. The van der Waals surface area contributed by atoms with Crippen LogP contribution in [-0.2, 0) is 16.2 Å². The predicted octanol–water partition coefficient (Wildman–Crippen LogP) is 3.12. The van der Waals surface area contributed by atoms with Crippen LogP contribution < -0.4 is 9.64 Å². The maximum atomic E-state index is 12.2.